The highest BCUT2D eigenvalue weighted by molar-refractivity contribution is 8.00. The van der Waals surface area contributed by atoms with Crippen molar-refractivity contribution in [3.8, 4) is 0 Å². The van der Waals surface area contributed by atoms with Gasteiger partial charge in [0.15, 0.2) is 0 Å². The second kappa shape index (κ2) is 7.26. The standard InChI is InChI=1S/C15H15NO2S2/c1-20(18)14-9-5-6-12(10-14)16-15(17)11-19-13-7-3-2-4-8-13/h2-10H,11H2,1H3,(H,16,17). The summed E-state index contributed by atoms with van der Waals surface area (Å²) in [4.78, 5) is 13.6. The van der Waals surface area contributed by atoms with Crippen molar-refractivity contribution in [3.63, 3.8) is 0 Å². The number of rotatable bonds is 5. The lowest BCUT2D eigenvalue weighted by Gasteiger charge is -2.06. The van der Waals surface area contributed by atoms with Crippen molar-refractivity contribution >= 4 is 34.2 Å². The molecule has 0 aromatic heterocycles. The highest BCUT2D eigenvalue weighted by Gasteiger charge is 2.05. The Balaban J connectivity index is 1.91. The molecule has 1 N–H and O–H groups in total. The SMILES string of the molecule is CS(=O)c1cccc(NC(=O)CSc2ccccc2)c1. The van der Waals surface area contributed by atoms with E-state index in [9.17, 15) is 9.00 Å². The fourth-order valence-corrected chi connectivity index (χ4v) is 2.90. The maximum Gasteiger partial charge on any atom is 0.234 e. The topological polar surface area (TPSA) is 46.2 Å². The molecular weight excluding hydrogens is 290 g/mol. The first-order valence-electron chi connectivity index (χ1n) is 6.06. The largest absolute Gasteiger partial charge is 0.325 e. The monoisotopic (exact) mass is 305 g/mol. The van der Waals surface area contributed by atoms with Gasteiger partial charge in [-0.15, -0.1) is 11.8 Å². The number of nitrogens with one attached hydrogen (secondary N) is 1. The Kier molecular flexibility index (Phi) is 5.38. The van der Waals surface area contributed by atoms with Crippen molar-refractivity contribution < 1.29 is 9.00 Å². The average molecular weight is 305 g/mol. The van der Waals surface area contributed by atoms with Gasteiger partial charge in [-0.05, 0) is 30.3 Å². The molecule has 1 atom stereocenters. The predicted octanol–water partition coefficient (Wildman–Crippen LogP) is 3.15. The number of benzene rings is 2. The van der Waals surface area contributed by atoms with Gasteiger partial charge in [-0.1, -0.05) is 24.3 Å². The van der Waals surface area contributed by atoms with Crippen molar-refractivity contribution in [2.45, 2.75) is 9.79 Å². The third-order valence-corrected chi connectivity index (χ3v) is 4.49. The number of hydrogen-bond acceptors (Lipinski definition) is 3. The summed E-state index contributed by atoms with van der Waals surface area (Å²) in [7, 11) is -1.04. The van der Waals surface area contributed by atoms with Crippen LogP contribution in [-0.2, 0) is 15.6 Å². The molecule has 20 heavy (non-hydrogen) atoms. The molecule has 0 aliphatic heterocycles. The summed E-state index contributed by atoms with van der Waals surface area (Å²) in [5.74, 6) is 0.279. The van der Waals surface area contributed by atoms with E-state index >= 15 is 0 Å². The highest BCUT2D eigenvalue weighted by Crippen LogP contribution is 2.18. The van der Waals surface area contributed by atoms with Crippen molar-refractivity contribution in [1.29, 1.82) is 0 Å². The summed E-state index contributed by atoms with van der Waals surface area (Å²) in [5, 5.41) is 2.81. The Morgan fingerprint density at radius 1 is 1.15 bits per heavy atom. The van der Waals surface area contributed by atoms with E-state index in [0.29, 0.717) is 16.3 Å². The molecule has 0 spiro atoms. The number of anilines is 1. The van der Waals surface area contributed by atoms with Crippen LogP contribution in [0.4, 0.5) is 5.69 Å². The number of thioether (sulfide) groups is 1. The molecular formula is C15H15NO2S2. The lowest BCUT2D eigenvalue weighted by atomic mass is 10.3. The molecule has 2 rings (SSSR count). The smallest absolute Gasteiger partial charge is 0.234 e. The summed E-state index contributed by atoms with van der Waals surface area (Å²) in [6.45, 7) is 0. The zero-order chi connectivity index (χ0) is 14.4. The van der Waals surface area contributed by atoms with Crippen LogP contribution < -0.4 is 5.32 Å². The molecule has 2 aromatic rings. The number of hydrogen-bond donors (Lipinski definition) is 1. The molecule has 0 heterocycles. The van der Waals surface area contributed by atoms with E-state index in [1.807, 2.05) is 30.3 Å². The van der Waals surface area contributed by atoms with Crippen LogP contribution in [0.3, 0.4) is 0 Å². The van der Waals surface area contributed by atoms with Gasteiger partial charge in [-0.3, -0.25) is 9.00 Å². The Hall–Kier alpha value is -1.59. The van der Waals surface area contributed by atoms with Crippen LogP contribution in [-0.4, -0.2) is 22.1 Å². The summed E-state index contributed by atoms with van der Waals surface area (Å²) in [6, 6.07) is 16.9. The van der Waals surface area contributed by atoms with Crippen LogP contribution in [0.15, 0.2) is 64.4 Å². The number of amides is 1. The van der Waals surface area contributed by atoms with E-state index in [0.717, 1.165) is 4.90 Å². The Morgan fingerprint density at radius 2 is 1.90 bits per heavy atom. The van der Waals surface area contributed by atoms with E-state index in [1.54, 1.807) is 30.5 Å². The molecule has 0 bridgehead atoms. The van der Waals surface area contributed by atoms with Gasteiger partial charge in [-0.2, -0.15) is 0 Å². The van der Waals surface area contributed by atoms with Crippen molar-refractivity contribution in [3.05, 3.63) is 54.6 Å². The average Bonchev–Trinajstić information content (AvgIpc) is 2.46. The van der Waals surface area contributed by atoms with Crippen LogP contribution >= 0.6 is 11.8 Å². The van der Waals surface area contributed by atoms with Crippen molar-refractivity contribution in [1.82, 2.24) is 0 Å². The molecule has 0 aliphatic carbocycles. The minimum absolute atomic E-state index is 0.0714. The molecule has 5 heteroatoms. The van der Waals surface area contributed by atoms with E-state index < -0.39 is 10.8 Å². The second-order valence-electron chi connectivity index (χ2n) is 4.13. The molecule has 3 nitrogen and oxygen atoms in total. The molecule has 0 radical (unpaired) electrons. The Morgan fingerprint density at radius 3 is 2.60 bits per heavy atom. The fraction of sp³-hybridized carbons (Fsp3) is 0.133. The molecule has 2 aromatic carbocycles. The predicted molar refractivity (Wildman–Crippen MR) is 84.6 cm³/mol. The Bertz CT molecular complexity index is 614. The van der Waals surface area contributed by atoms with Gasteiger partial charge in [0.05, 0.1) is 5.75 Å². The van der Waals surface area contributed by atoms with Gasteiger partial charge >= 0.3 is 0 Å². The minimum atomic E-state index is -1.04. The van der Waals surface area contributed by atoms with Gasteiger partial charge < -0.3 is 5.32 Å². The maximum atomic E-state index is 11.9. The molecule has 0 saturated heterocycles. The van der Waals surface area contributed by atoms with Crippen molar-refractivity contribution in [2.24, 2.45) is 0 Å². The number of carbonyl (C=O) groups excluding carboxylic acids is 1. The number of carbonyl (C=O) groups is 1. The van der Waals surface area contributed by atoms with Gasteiger partial charge in [0.25, 0.3) is 0 Å². The van der Waals surface area contributed by atoms with Crippen LogP contribution in [0.5, 0.6) is 0 Å². The summed E-state index contributed by atoms with van der Waals surface area (Å²) >= 11 is 1.49. The maximum absolute atomic E-state index is 11.9. The molecule has 104 valence electrons. The van der Waals surface area contributed by atoms with E-state index in [1.165, 1.54) is 11.8 Å². The lowest BCUT2D eigenvalue weighted by Crippen LogP contribution is -2.14. The first-order chi connectivity index (χ1) is 9.65. The van der Waals surface area contributed by atoms with Gasteiger partial charge in [0.1, 0.15) is 0 Å². The summed E-state index contributed by atoms with van der Waals surface area (Å²) in [6.07, 6.45) is 1.62. The minimum Gasteiger partial charge on any atom is -0.325 e. The third kappa shape index (κ3) is 4.51. The molecule has 0 aliphatic rings. The van der Waals surface area contributed by atoms with Gasteiger partial charge in [-0.25, -0.2) is 0 Å². The van der Waals surface area contributed by atoms with Crippen LogP contribution in [0.1, 0.15) is 0 Å². The molecule has 1 unspecified atom stereocenters. The quantitative estimate of drug-likeness (QED) is 0.863. The summed E-state index contributed by atoms with van der Waals surface area (Å²) < 4.78 is 11.4. The first-order valence-corrected chi connectivity index (χ1v) is 8.61. The summed E-state index contributed by atoms with van der Waals surface area (Å²) in [5.41, 5.74) is 0.677. The van der Waals surface area contributed by atoms with Crippen LogP contribution in [0.2, 0.25) is 0 Å². The zero-order valence-electron chi connectivity index (χ0n) is 11.0. The van der Waals surface area contributed by atoms with E-state index in [4.69, 9.17) is 0 Å². The fourth-order valence-electron chi connectivity index (χ4n) is 1.62. The highest BCUT2D eigenvalue weighted by atomic mass is 32.2. The van der Waals surface area contributed by atoms with Crippen LogP contribution in [0.25, 0.3) is 0 Å². The Labute approximate surface area is 125 Å². The normalized spacial score (nSPS) is 11.8. The van der Waals surface area contributed by atoms with E-state index in [-0.39, 0.29) is 5.91 Å². The van der Waals surface area contributed by atoms with Gasteiger partial charge in [0.2, 0.25) is 5.91 Å². The molecule has 0 saturated carbocycles. The van der Waals surface area contributed by atoms with Crippen molar-refractivity contribution in [2.75, 3.05) is 17.3 Å². The van der Waals surface area contributed by atoms with E-state index in [2.05, 4.69) is 5.32 Å². The first kappa shape index (κ1) is 14.8. The third-order valence-electron chi connectivity index (χ3n) is 2.56. The molecule has 0 fully saturated rings. The van der Waals surface area contributed by atoms with Crippen LogP contribution in [0, 0.1) is 0 Å². The lowest BCUT2D eigenvalue weighted by molar-refractivity contribution is -0.113. The molecule has 1 amide bonds. The van der Waals surface area contributed by atoms with Gasteiger partial charge in [0, 0.05) is 32.5 Å². The second-order valence-corrected chi connectivity index (χ2v) is 6.56. The zero-order valence-corrected chi connectivity index (χ0v) is 12.7.